The minimum absolute atomic E-state index is 0.245. The molecule has 1 aromatic heterocycles. The zero-order valence-corrected chi connectivity index (χ0v) is 13.2. The molecule has 3 rings (SSSR count). The molecular weight excluding hydrogens is 356 g/mol. The van der Waals surface area contributed by atoms with E-state index in [4.69, 9.17) is 4.52 Å². The Morgan fingerprint density at radius 1 is 1.10 bits per heavy atom. The second-order valence-corrected chi connectivity index (χ2v) is 7.04. The Bertz CT molecular complexity index is 890. The third-order valence-electron chi connectivity index (χ3n) is 2.92. The maximum absolute atomic E-state index is 12.2. The van der Waals surface area contributed by atoms with Crippen LogP contribution < -0.4 is 4.72 Å². The quantitative estimate of drug-likeness (QED) is 0.766. The first kappa shape index (κ1) is 14.1. The number of nitrogens with zero attached hydrogens (tertiary/aromatic N) is 1. The maximum Gasteiger partial charge on any atom is 0.238 e. The highest BCUT2D eigenvalue weighted by molar-refractivity contribution is 9.10. The summed E-state index contributed by atoms with van der Waals surface area (Å²) in [6.07, 6.45) is 0. The Morgan fingerprint density at radius 3 is 2.62 bits per heavy atom. The van der Waals surface area contributed by atoms with Crippen LogP contribution in [0.5, 0.6) is 0 Å². The van der Waals surface area contributed by atoms with Gasteiger partial charge in [0.2, 0.25) is 10.0 Å². The van der Waals surface area contributed by atoms with Crippen molar-refractivity contribution in [1.82, 2.24) is 5.16 Å². The molecule has 0 radical (unpaired) electrons. The van der Waals surface area contributed by atoms with E-state index in [2.05, 4.69) is 25.8 Å². The smallest absolute Gasteiger partial charge is 0.238 e. The van der Waals surface area contributed by atoms with Crippen LogP contribution in [0.1, 0.15) is 5.69 Å². The van der Waals surface area contributed by atoms with Gasteiger partial charge in [-0.15, -0.1) is 0 Å². The van der Waals surface area contributed by atoms with Crippen LogP contribution in [0.15, 0.2) is 57.5 Å². The molecule has 0 spiro atoms. The summed E-state index contributed by atoms with van der Waals surface area (Å²) < 4.78 is 32.8. The number of sulfonamides is 1. The molecule has 1 N–H and O–H groups in total. The number of aromatic nitrogens is 1. The third kappa shape index (κ3) is 3.08. The van der Waals surface area contributed by atoms with Crippen LogP contribution in [0.3, 0.4) is 0 Å². The fraction of sp³-hybridized carbons (Fsp3) is 0.0714. The summed E-state index contributed by atoms with van der Waals surface area (Å²) >= 11 is 3.31. The first-order valence-electron chi connectivity index (χ1n) is 6.13. The fourth-order valence-electron chi connectivity index (χ4n) is 1.97. The van der Waals surface area contributed by atoms with Gasteiger partial charge in [0.15, 0.2) is 5.58 Å². The van der Waals surface area contributed by atoms with Gasteiger partial charge in [-0.05, 0) is 40.2 Å². The van der Waals surface area contributed by atoms with E-state index in [1.54, 1.807) is 30.3 Å². The van der Waals surface area contributed by atoms with Gasteiger partial charge in [0.05, 0.1) is 5.69 Å². The molecule has 5 nitrogen and oxygen atoms in total. The second-order valence-electron chi connectivity index (χ2n) is 4.47. The largest absolute Gasteiger partial charge is 0.356 e. The third-order valence-corrected chi connectivity index (χ3v) is 4.79. The Labute approximate surface area is 130 Å². The lowest BCUT2D eigenvalue weighted by atomic mass is 10.2. The molecule has 2 aromatic carbocycles. The molecule has 0 saturated heterocycles. The molecule has 0 amide bonds. The molecular formula is C14H11BrN2O3S. The minimum Gasteiger partial charge on any atom is -0.356 e. The minimum atomic E-state index is -3.57. The van der Waals surface area contributed by atoms with Crippen molar-refractivity contribution in [2.45, 2.75) is 5.75 Å². The van der Waals surface area contributed by atoms with Gasteiger partial charge < -0.3 is 4.52 Å². The molecule has 3 aromatic rings. The fourth-order valence-corrected chi connectivity index (χ4v) is 3.64. The molecule has 0 aliphatic heterocycles. The van der Waals surface area contributed by atoms with E-state index in [0.29, 0.717) is 26.8 Å². The van der Waals surface area contributed by atoms with Gasteiger partial charge in [-0.25, -0.2) is 8.42 Å². The summed E-state index contributed by atoms with van der Waals surface area (Å²) in [5, 5.41) is 4.54. The van der Waals surface area contributed by atoms with Crippen molar-refractivity contribution in [2.75, 3.05) is 4.72 Å². The number of halogens is 1. The van der Waals surface area contributed by atoms with Crippen molar-refractivity contribution >= 4 is 42.6 Å². The van der Waals surface area contributed by atoms with Crippen LogP contribution in [0.2, 0.25) is 0 Å². The van der Waals surface area contributed by atoms with Gasteiger partial charge in [0.1, 0.15) is 11.4 Å². The molecule has 0 aliphatic rings. The van der Waals surface area contributed by atoms with Crippen LogP contribution in [0.25, 0.3) is 11.0 Å². The molecule has 1 heterocycles. The van der Waals surface area contributed by atoms with Crippen LogP contribution in [-0.4, -0.2) is 13.6 Å². The van der Waals surface area contributed by atoms with E-state index >= 15 is 0 Å². The van der Waals surface area contributed by atoms with Crippen molar-refractivity contribution < 1.29 is 12.9 Å². The number of para-hydroxylation sites is 2. The number of rotatable bonds is 4. The lowest BCUT2D eigenvalue weighted by Gasteiger charge is -2.08. The zero-order chi connectivity index (χ0) is 14.9. The summed E-state index contributed by atoms with van der Waals surface area (Å²) in [5.41, 5.74) is 1.46. The topological polar surface area (TPSA) is 72.2 Å². The van der Waals surface area contributed by atoms with E-state index in [0.717, 1.165) is 0 Å². The van der Waals surface area contributed by atoms with Gasteiger partial charge in [0, 0.05) is 9.86 Å². The molecule has 0 atom stereocenters. The van der Waals surface area contributed by atoms with Gasteiger partial charge in [-0.2, -0.15) is 0 Å². The molecule has 108 valence electrons. The molecule has 21 heavy (non-hydrogen) atoms. The van der Waals surface area contributed by atoms with Crippen LogP contribution in [0.4, 0.5) is 5.69 Å². The Balaban J connectivity index is 1.88. The lowest BCUT2D eigenvalue weighted by Crippen LogP contribution is -2.15. The average molecular weight is 367 g/mol. The molecule has 7 heteroatoms. The molecule has 0 fully saturated rings. The summed E-state index contributed by atoms with van der Waals surface area (Å²) in [7, 11) is -3.57. The van der Waals surface area contributed by atoms with Crippen LogP contribution in [-0.2, 0) is 15.8 Å². The first-order valence-corrected chi connectivity index (χ1v) is 8.58. The highest BCUT2D eigenvalue weighted by Crippen LogP contribution is 2.24. The van der Waals surface area contributed by atoms with E-state index in [9.17, 15) is 8.42 Å². The number of benzene rings is 2. The normalized spacial score (nSPS) is 11.7. The Kier molecular flexibility index (Phi) is 3.69. The van der Waals surface area contributed by atoms with Crippen LogP contribution in [0, 0.1) is 0 Å². The van der Waals surface area contributed by atoms with Gasteiger partial charge >= 0.3 is 0 Å². The average Bonchev–Trinajstić information content (AvgIpc) is 2.84. The van der Waals surface area contributed by atoms with E-state index in [-0.39, 0.29) is 5.75 Å². The summed E-state index contributed by atoms with van der Waals surface area (Å²) in [6, 6.07) is 14.2. The number of anilines is 1. The van der Waals surface area contributed by atoms with Gasteiger partial charge in [-0.1, -0.05) is 29.4 Å². The van der Waals surface area contributed by atoms with Crippen molar-refractivity contribution in [3.8, 4) is 0 Å². The highest BCUT2D eigenvalue weighted by Gasteiger charge is 2.18. The highest BCUT2D eigenvalue weighted by atomic mass is 79.9. The SMILES string of the molecule is O=S(=O)(Cc1noc2ccccc12)Nc1ccccc1Br. The van der Waals surface area contributed by atoms with Gasteiger partial charge in [0.25, 0.3) is 0 Å². The number of hydrogen-bond acceptors (Lipinski definition) is 4. The number of hydrogen-bond donors (Lipinski definition) is 1. The predicted octanol–water partition coefficient (Wildman–Crippen LogP) is 3.53. The van der Waals surface area contributed by atoms with Crippen molar-refractivity contribution in [3.63, 3.8) is 0 Å². The molecule has 0 aliphatic carbocycles. The standard InChI is InChI=1S/C14H11BrN2O3S/c15-11-6-2-3-7-12(11)17-21(18,19)9-13-10-5-1-4-8-14(10)20-16-13/h1-8,17H,9H2. The Hall–Kier alpha value is -1.86. The van der Waals surface area contributed by atoms with Crippen molar-refractivity contribution in [3.05, 3.63) is 58.7 Å². The zero-order valence-electron chi connectivity index (χ0n) is 10.8. The molecule has 0 unspecified atom stereocenters. The Morgan fingerprint density at radius 2 is 1.81 bits per heavy atom. The van der Waals surface area contributed by atoms with Crippen LogP contribution >= 0.6 is 15.9 Å². The predicted molar refractivity (Wildman–Crippen MR) is 84.4 cm³/mol. The molecule has 0 bridgehead atoms. The van der Waals surface area contributed by atoms with E-state index in [1.165, 1.54) is 0 Å². The van der Waals surface area contributed by atoms with Crippen molar-refractivity contribution in [1.29, 1.82) is 0 Å². The molecule has 0 saturated carbocycles. The summed E-state index contributed by atoms with van der Waals surface area (Å²) in [4.78, 5) is 0. The lowest BCUT2D eigenvalue weighted by molar-refractivity contribution is 0.448. The number of nitrogens with one attached hydrogen (secondary N) is 1. The van der Waals surface area contributed by atoms with Crippen molar-refractivity contribution in [2.24, 2.45) is 0 Å². The second kappa shape index (κ2) is 5.50. The van der Waals surface area contributed by atoms with E-state index in [1.807, 2.05) is 18.2 Å². The summed E-state index contributed by atoms with van der Waals surface area (Å²) in [5.74, 6) is -0.245. The monoisotopic (exact) mass is 366 g/mol. The van der Waals surface area contributed by atoms with Gasteiger partial charge in [-0.3, -0.25) is 4.72 Å². The summed E-state index contributed by atoms with van der Waals surface area (Å²) in [6.45, 7) is 0. The maximum atomic E-state index is 12.2. The first-order chi connectivity index (χ1) is 10.1. The number of fused-ring (bicyclic) bond motifs is 1. The van der Waals surface area contributed by atoms with E-state index < -0.39 is 10.0 Å².